The zero-order chi connectivity index (χ0) is 20.1. The van der Waals surface area contributed by atoms with Gasteiger partial charge in [0, 0.05) is 44.0 Å². The molecule has 150 valence electrons. The van der Waals surface area contributed by atoms with E-state index in [1.807, 2.05) is 31.3 Å². The Bertz CT molecular complexity index is 908. The van der Waals surface area contributed by atoms with Gasteiger partial charge in [-0.3, -0.25) is 4.79 Å². The average Bonchev–Trinajstić information content (AvgIpc) is 2.74. The Kier molecular flexibility index (Phi) is 6.36. The quantitative estimate of drug-likeness (QED) is 0.807. The Morgan fingerprint density at radius 3 is 2.43 bits per heavy atom. The Balaban J connectivity index is 1.60. The van der Waals surface area contributed by atoms with Crippen molar-refractivity contribution < 1.29 is 13.2 Å². The molecule has 1 heterocycles. The molecule has 0 aliphatic carbocycles. The fourth-order valence-corrected chi connectivity index (χ4v) is 4.84. The first-order valence-corrected chi connectivity index (χ1v) is 11.0. The molecule has 1 saturated heterocycles. The Labute approximate surface area is 167 Å². The van der Waals surface area contributed by atoms with Crippen molar-refractivity contribution in [1.29, 1.82) is 0 Å². The average molecular weight is 402 g/mol. The van der Waals surface area contributed by atoms with E-state index in [2.05, 4.69) is 17.1 Å². The maximum absolute atomic E-state index is 12.7. The van der Waals surface area contributed by atoms with Crippen LogP contribution in [0.15, 0.2) is 59.5 Å². The lowest BCUT2D eigenvalue weighted by atomic mass is 9.97. The first-order chi connectivity index (χ1) is 13.4. The molecule has 3 rings (SSSR count). The number of carbonyl (C=O) groups is 1. The van der Waals surface area contributed by atoms with E-state index < -0.39 is 10.0 Å². The number of hydrogen-bond acceptors (Lipinski definition) is 4. The summed E-state index contributed by atoms with van der Waals surface area (Å²) in [5.41, 5.74) is 1.81. The molecule has 6 nitrogen and oxygen atoms in total. The number of nitrogens with zero attached hydrogens (tertiary/aromatic N) is 2. The van der Waals surface area contributed by atoms with Crippen molar-refractivity contribution in [3.05, 3.63) is 54.6 Å². The first kappa shape index (κ1) is 20.4. The fraction of sp³-hybridized carbons (Fsp3) is 0.381. The molecule has 2 aromatic rings. The number of nitrogens with one attached hydrogen (secondary N) is 1. The first-order valence-electron chi connectivity index (χ1n) is 9.59. The molecule has 1 amide bonds. The van der Waals surface area contributed by atoms with E-state index in [1.54, 1.807) is 30.3 Å². The highest BCUT2D eigenvalue weighted by Gasteiger charge is 2.32. The molecule has 1 aliphatic rings. The van der Waals surface area contributed by atoms with Crippen molar-refractivity contribution in [2.24, 2.45) is 5.92 Å². The number of hydrogen-bond donors (Lipinski definition) is 1. The summed E-state index contributed by atoms with van der Waals surface area (Å²) in [5, 5.41) is 2.98. The molecule has 0 bridgehead atoms. The maximum atomic E-state index is 12.7. The van der Waals surface area contributed by atoms with Crippen LogP contribution >= 0.6 is 0 Å². The highest BCUT2D eigenvalue weighted by Crippen LogP contribution is 2.25. The molecule has 1 aliphatic heterocycles. The zero-order valence-electron chi connectivity index (χ0n) is 16.3. The number of anilines is 2. The summed E-state index contributed by atoms with van der Waals surface area (Å²) in [5.74, 6) is -0.233. The highest BCUT2D eigenvalue weighted by atomic mass is 32.2. The molecule has 0 unspecified atom stereocenters. The van der Waals surface area contributed by atoms with Crippen LogP contribution in [0.3, 0.4) is 0 Å². The molecule has 0 atom stereocenters. The van der Waals surface area contributed by atoms with Crippen molar-refractivity contribution in [2.45, 2.75) is 24.7 Å². The van der Waals surface area contributed by atoms with Crippen LogP contribution in [0.2, 0.25) is 0 Å². The monoisotopic (exact) mass is 401 g/mol. The predicted molar refractivity (Wildman–Crippen MR) is 112 cm³/mol. The van der Waals surface area contributed by atoms with E-state index in [4.69, 9.17) is 0 Å². The van der Waals surface area contributed by atoms with Crippen LogP contribution in [0.4, 0.5) is 11.4 Å². The number of sulfonamides is 1. The van der Waals surface area contributed by atoms with E-state index in [9.17, 15) is 13.2 Å². The second-order valence-corrected chi connectivity index (χ2v) is 8.98. The van der Waals surface area contributed by atoms with Crippen LogP contribution in [-0.4, -0.2) is 45.3 Å². The summed E-state index contributed by atoms with van der Waals surface area (Å²) in [6.45, 7) is 3.66. The smallest absolute Gasteiger partial charge is 0.243 e. The van der Waals surface area contributed by atoms with Gasteiger partial charge in [0.15, 0.2) is 0 Å². The summed E-state index contributed by atoms with van der Waals surface area (Å²) in [6, 6.07) is 16.2. The normalized spacial score (nSPS) is 15.9. The van der Waals surface area contributed by atoms with Crippen LogP contribution in [0.1, 0.15) is 19.8 Å². The molecule has 1 N–H and O–H groups in total. The van der Waals surface area contributed by atoms with E-state index in [1.165, 1.54) is 4.31 Å². The van der Waals surface area contributed by atoms with Gasteiger partial charge in [0.1, 0.15) is 0 Å². The summed E-state index contributed by atoms with van der Waals surface area (Å²) in [4.78, 5) is 15.1. The minimum atomic E-state index is -3.49. The standard InChI is InChI=1S/C21H27N3O3S/c1-3-23(2)19-9-7-8-18(16-19)22-21(25)17-12-14-24(15-13-17)28(26,27)20-10-5-4-6-11-20/h4-11,16-17H,3,12-15H2,1-2H3,(H,22,25). The van der Waals surface area contributed by atoms with Crippen LogP contribution in [-0.2, 0) is 14.8 Å². The molecule has 28 heavy (non-hydrogen) atoms. The van der Waals surface area contributed by atoms with Gasteiger partial charge >= 0.3 is 0 Å². The van der Waals surface area contributed by atoms with Crippen molar-refractivity contribution in [3.63, 3.8) is 0 Å². The molecule has 0 spiro atoms. The largest absolute Gasteiger partial charge is 0.375 e. The minimum absolute atomic E-state index is 0.0481. The molecule has 1 fully saturated rings. The molecule has 0 radical (unpaired) electrons. The van der Waals surface area contributed by atoms with Gasteiger partial charge in [-0.25, -0.2) is 8.42 Å². The topological polar surface area (TPSA) is 69.7 Å². The summed E-state index contributed by atoms with van der Waals surface area (Å²) >= 11 is 0. The second kappa shape index (κ2) is 8.75. The van der Waals surface area contributed by atoms with E-state index in [-0.39, 0.29) is 11.8 Å². The molecule has 7 heteroatoms. The third-order valence-electron chi connectivity index (χ3n) is 5.23. The van der Waals surface area contributed by atoms with Gasteiger partial charge in [0.25, 0.3) is 0 Å². The number of rotatable bonds is 6. The fourth-order valence-electron chi connectivity index (χ4n) is 3.35. The number of piperidine rings is 1. The summed E-state index contributed by atoms with van der Waals surface area (Å²) < 4.78 is 26.9. The van der Waals surface area contributed by atoms with Crippen LogP contribution in [0.25, 0.3) is 0 Å². The lowest BCUT2D eigenvalue weighted by Crippen LogP contribution is -2.41. The number of carbonyl (C=O) groups excluding carboxylic acids is 1. The van der Waals surface area contributed by atoms with Crippen molar-refractivity contribution >= 4 is 27.3 Å². The van der Waals surface area contributed by atoms with E-state index >= 15 is 0 Å². The Morgan fingerprint density at radius 2 is 1.79 bits per heavy atom. The second-order valence-electron chi connectivity index (χ2n) is 7.05. The van der Waals surface area contributed by atoms with Gasteiger partial charge in [0.05, 0.1) is 4.90 Å². The number of benzene rings is 2. The molecule has 0 saturated carbocycles. The van der Waals surface area contributed by atoms with Gasteiger partial charge in [-0.15, -0.1) is 0 Å². The Morgan fingerprint density at radius 1 is 1.11 bits per heavy atom. The molecular formula is C21H27N3O3S. The third-order valence-corrected chi connectivity index (χ3v) is 7.15. The van der Waals surface area contributed by atoms with Gasteiger partial charge < -0.3 is 10.2 Å². The number of amides is 1. The van der Waals surface area contributed by atoms with E-state index in [0.717, 1.165) is 17.9 Å². The van der Waals surface area contributed by atoms with Crippen molar-refractivity contribution in [3.8, 4) is 0 Å². The minimum Gasteiger partial charge on any atom is -0.375 e. The van der Waals surface area contributed by atoms with E-state index in [0.29, 0.717) is 30.8 Å². The lowest BCUT2D eigenvalue weighted by Gasteiger charge is -2.30. The maximum Gasteiger partial charge on any atom is 0.243 e. The third kappa shape index (κ3) is 4.54. The van der Waals surface area contributed by atoms with Gasteiger partial charge in [-0.2, -0.15) is 4.31 Å². The van der Waals surface area contributed by atoms with Gasteiger partial charge in [-0.05, 0) is 50.1 Å². The lowest BCUT2D eigenvalue weighted by molar-refractivity contribution is -0.120. The van der Waals surface area contributed by atoms with Crippen LogP contribution in [0, 0.1) is 5.92 Å². The van der Waals surface area contributed by atoms with Gasteiger partial charge in [0.2, 0.25) is 15.9 Å². The highest BCUT2D eigenvalue weighted by molar-refractivity contribution is 7.89. The molecular weight excluding hydrogens is 374 g/mol. The molecule has 2 aromatic carbocycles. The zero-order valence-corrected chi connectivity index (χ0v) is 17.2. The van der Waals surface area contributed by atoms with Crippen LogP contribution < -0.4 is 10.2 Å². The van der Waals surface area contributed by atoms with Crippen molar-refractivity contribution in [2.75, 3.05) is 36.9 Å². The predicted octanol–water partition coefficient (Wildman–Crippen LogP) is 3.18. The SMILES string of the molecule is CCN(C)c1cccc(NC(=O)C2CCN(S(=O)(=O)c3ccccc3)CC2)c1. The van der Waals surface area contributed by atoms with Crippen LogP contribution in [0.5, 0.6) is 0 Å². The molecule has 0 aromatic heterocycles. The Hall–Kier alpha value is -2.38. The summed E-state index contributed by atoms with van der Waals surface area (Å²) in [6.07, 6.45) is 1.04. The summed E-state index contributed by atoms with van der Waals surface area (Å²) in [7, 11) is -1.49. The van der Waals surface area contributed by atoms with Crippen molar-refractivity contribution in [1.82, 2.24) is 4.31 Å². The van der Waals surface area contributed by atoms with Gasteiger partial charge in [-0.1, -0.05) is 24.3 Å².